The molecule has 1 amide bonds. The number of hydrogen-bond acceptors (Lipinski definition) is 7. The SMILES string of the molecule is [N-]=[N+]=NCc1ccccc1[C@@H]1OC(c2ccc(OCCCO)cc2)=N[C@]1(Cc1ccccc1Br)C(=O)NNCC1CCCCC1. The lowest BCUT2D eigenvalue weighted by Crippen LogP contribution is -2.54. The number of carbonyl (C=O) groups is 1. The zero-order valence-corrected chi connectivity index (χ0v) is 26.8. The first-order valence-corrected chi connectivity index (χ1v) is 16.3. The second kappa shape index (κ2) is 15.9. The first-order chi connectivity index (χ1) is 22.0. The number of nitrogens with one attached hydrogen (secondary N) is 2. The number of halogens is 1. The summed E-state index contributed by atoms with van der Waals surface area (Å²) in [6, 6.07) is 22.7. The summed E-state index contributed by atoms with van der Waals surface area (Å²) < 4.78 is 13.3. The molecule has 0 spiro atoms. The van der Waals surface area contributed by atoms with E-state index in [9.17, 15) is 4.79 Å². The number of azide groups is 1. The molecule has 0 radical (unpaired) electrons. The van der Waals surface area contributed by atoms with Gasteiger partial charge in [0.2, 0.25) is 5.90 Å². The van der Waals surface area contributed by atoms with Gasteiger partial charge >= 0.3 is 0 Å². The molecular formula is C34H39BrN6O4. The van der Waals surface area contributed by atoms with E-state index in [0.29, 0.717) is 42.7 Å². The van der Waals surface area contributed by atoms with Crippen LogP contribution in [0, 0.1) is 5.92 Å². The van der Waals surface area contributed by atoms with Gasteiger partial charge in [-0.3, -0.25) is 10.2 Å². The van der Waals surface area contributed by atoms with Crippen molar-refractivity contribution in [3.63, 3.8) is 0 Å². The molecule has 1 aliphatic heterocycles. The molecule has 1 fully saturated rings. The largest absolute Gasteiger partial charge is 0.494 e. The molecular weight excluding hydrogens is 636 g/mol. The minimum Gasteiger partial charge on any atom is -0.494 e. The third kappa shape index (κ3) is 8.04. The highest BCUT2D eigenvalue weighted by molar-refractivity contribution is 9.10. The van der Waals surface area contributed by atoms with Gasteiger partial charge in [-0.15, -0.1) is 0 Å². The molecule has 0 bridgehead atoms. The highest BCUT2D eigenvalue weighted by atomic mass is 79.9. The van der Waals surface area contributed by atoms with Crippen molar-refractivity contribution in [3.8, 4) is 5.75 Å². The summed E-state index contributed by atoms with van der Waals surface area (Å²) in [4.78, 5) is 22.6. The topological polar surface area (TPSA) is 141 Å². The van der Waals surface area contributed by atoms with Crippen molar-refractivity contribution in [2.24, 2.45) is 16.0 Å². The minimum absolute atomic E-state index is 0.0580. The lowest BCUT2D eigenvalue weighted by molar-refractivity contribution is -0.130. The van der Waals surface area contributed by atoms with Crippen LogP contribution in [0.4, 0.5) is 0 Å². The summed E-state index contributed by atoms with van der Waals surface area (Å²) in [5, 5.41) is 12.9. The van der Waals surface area contributed by atoms with Gasteiger partial charge in [0.1, 0.15) is 5.75 Å². The van der Waals surface area contributed by atoms with Crippen LogP contribution in [0.3, 0.4) is 0 Å². The highest BCUT2D eigenvalue weighted by Crippen LogP contribution is 2.44. The molecule has 2 atom stereocenters. The zero-order chi connectivity index (χ0) is 31.5. The second-order valence-corrected chi connectivity index (χ2v) is 12.3. The van der Waals surface area contributed by atoms with E-state index in [-0.39, 0.29) is 25.5 Å². The fourth-order valence-corrected chi connectivity index (χ4v) is 6.43. The highest BCUT2D eigenvalue weighted by Gasteiger charge is 2.54. The minimum atomic E-state index is -1.40. The Morgan fingerprint density at radius 3 is 2.53 bits per heavy atom. The molecule has 10 nitrogen and oxygen atoms in total. The van der Waals surface area contributed by atoms with Gasteiger partial charge in [0.25, 0.3) is 5.91 Å². The standard InChI is InChI=1S/C34H39BrN6O4/c35-30-14-7-5-11-26(30)21-34(33(43)40-37-22-24-9-2-1-3-10-24)31(29-13-6-4-12-27(29)23-38-41-36)45-32(39-34)25-15-17-28(18-16-25)44-20-8-19-42/h4-7,11-18,24,31,37,42H,1-3,8-10,19-23H2,(H,40,43)/t31-,34-/m0/s1. The normalized spacial score (nSPS) is 19.7. The Balaban J connectivity index is 1.55. The maximum atomic E-state index is 14.5. The number of ether oxygens (including phenoxy) is 2. The molecule has 11 heteroatoms. The smallest absolute Gasteiger partial charge is 0.266 e. The molecule has 0 aromatic heterocycles. The van der Waals surface area contributed by atoms with Crippen LogP contribution in [-0.2, 0) is 22.5 Å². The van der Waals surface area contributed by atoms with Crippen LogP contribution >= 0.6 is 15.9 Å². The molecule has 5 rings (SSSR count). The van der Waals surface area contributed by atoms with Gasteiger partial charge in [0.05, 0.1) is 13.2 Å². The predicted octanol–water partition coefficient (Wildman–Crippen LogP) is 6.72. The fraction of sp³-hybridized carbons (Fsp3) is 0.412. The maximum absolute atomic E-state index is 14.5. The number of aliphatic hydroxyl groups is 1. The molecule has 0 unspecified atom stereocenters. The van der Waals surface area contributed by atoms with Crippen molar-refractivity contribution in [1.29, 1.82) is 0 Å². The van der Waals surface area contributed by atoms with Gasteiger partial charge in [0.15, 0.2) is 11.6 Å². The van der Waals surface area contributed by atoms with E-state index in [2.05, 4.69) is 36.8 Å². The van der Waals surface area contributed by atoms with E-state index in [1.807, 2.05) is 72.8 Å². The lowest BCUT2D eigenvalue weighted by Gasteiger charge is -2.32. The number of carbonyl (C=O) groups excluding carboxylic acids is 1. The summed E-state index contributed by atoms with van der Waals surface area (Å²) >= 11 is 3.68. The predicted molar refractivity (Wildman–Crippen MR) is 177 cm³/mol. The van der Waals surface area contributed by atoms with Crippen molar-refractivity contribution >= 4 is 27.7 Å². The number of hydrazine groups is 1. The Morgan fingerprint density at radius 2 is 1.80 bits per heavy atom. The van der Waals surface area contributed by atoms with E-state index in [1.54, 1.807) is 0 Å². The summed E-state index contributed by atoms with van der Waals surface area (Å²) in [7, 11) is 0. The summed E-state index contributed by atoms with van der Waals surface area (Å²) in [6.07, 6.45) is 5.94. The Labute approximate surface area is 272 Å². The first kappa shape index (κ1) is 32.5. The molecule has 45 heavy (non-hydrogen) atoms. The van der Waals surface area contributed by atoms with E-state index >= 15 is 0 Å². The average Bonchev–Trinajstić information content (AvgIpc) is 3.46. The van der Waals surface area contributed by atoms with Crippen LogP contribution < -0.4 is 15.6 Å². The van der Waals surface area contributed by atoms with Crippen molar-refractivity contribution in [2.75, 3.05) is 19.8 Å². The number of aliphatic imine (C=N–C) groups is 1. The number of amides is 1. The third-order valence-electron chi connectivity index (χ3n) is 8.41. The Morgan fingerprint density at radius 1 is 1.07 bits per heavy atom. The van der Waals surface area contributed by atoms with E-state index in [4.69, 9.17) is 25.1 Å². The number of rotatable bonds is 14. The second-order valence-electron chi connectivity index (χ2n) is 11.5. The molecule has 1 heterocycles. The van der Waals surface area contributed by atoms with Crippen LogP contribution in [0.5, 0.6) is 5.75 Å². The third-order valence-corrected chi connectivity index (χ3v) is 9.18. The van der Waals surface area contributed by atoms with Gasteiger partial charge < -0.3 is 14.6 Å². The van der Waals surface area contributed by atoms with Crippen LogP contribution in [0.15, 0.2) is 87.4 Å². The molecule has 0 saturated heterocycles. The number of nitrogens with zero attached hydrogens (tertiary/aromatic N) is 4. The number of hydrogen-bond donors (Lipinski definition) is 3. The van der Waals surface area contributed by atoms with E-state index in [1.165, 1.54) is 19.3 Å². The summed E-state index contributed by atoms with van der Waals surface area (Å²) in [5.41, 5.74) is 17.0. The van der Waals surface area contributed by atoms with Crippen molar-refractivity contribution < 1.29 is 19.4 Å². The Bertz CT molecular complexity index is 1520. The van der Waals surface area contributed by atoms with Gasteiger partial charge in [-0.1, -0.05) is 82.8 Å². The first-order valence-electron chi connectivity index (χ1n) is 15.5. The van der Waals surface area contributed by atoms with Gasteiger partial charge in [-0.25, -0.2) is 10.4 Å². The van der Waals surface area contributed by atoms with Gasteiger partial charge in [-0.05, 0) is 71.3 Å². The quantitative estimate of drug-likeness (QED) is 0.0572. The molecule has 1 saturated carbocycles. The fourth-order valence-electron chi connectivity index (χ4n) is 6.01. The van der Waals surface area contributed by atoms with Crippen molar-refractivity contribution in [1.82, 2.24) is 10.9 Å². The lowest BCUT2D eigenvalue weighted by atomic mass is 9.80. The molecule has 3 aromatic carbocycles. The summed E-state index contributed by atoms with van der Waals surface area (Å²) in [6.45, 7) is 1.25. The molecule has 1 aliphatic carbocycles. The van der Waals surface area contributed by atoms with Gasteiger partial charge in [-0.2, -0.15) is 0 Å². The Hall–Kier alpha value is -3.89. The molecule has 3 aromatic rings. The maximum Gasteiger partial charge on any atom is 0.266 e. The van der Waals surface area contributed by atoms with Crippen LogP contribution in [0.25, 0.3) is 10.4 Å². The van der Waals surface area contributed by atoms with E-state index in [0.717, 1.165) is 34.0 Å². The Kier molecular flexibility index (Phi) is 11.5. The van der Waals surface area contributed by atoms with E-state index < -0.39 is 11.6 Å². The summed E-state index contributed by atoms with van der Waals surface area (Å²) in [5.74, 6) is 1.19. The number of benzene rings is 3. The number of aliphatic hydroxyl groups excluding tert-OH is 1. The average molecular weight is 676 g/mol. The monoisotopic (exact) mass is 674 g/mol. The molecule has 236 valence electrons. The molecule has 2 aliphatic rings. The van der Waals surface area contributed by atoms with Crippen molar-refractivity contribution in [3.05, 3.63) is 110 Å². The zero-order valence-electron chi connectivity index (χ0n) is 25.2. The molecule has 3 N–H and O–H groups in total. The van der Waals surface area contributed by atoms with Crippen LogP contribution in [0.1, 0.15) is 66.9 Å². The van der Waals surface area contributed by atoms with Crippen LogP contribution in [0.2, 0.25) is 0 Å². The van der Waals surface area contributed by atoms with Gasteiger partial charge in [0, 0.05) is 40.9 Å². The van der Waals surface area contributed by atoms with Crippen LogP contribution in [-0.4, -0.2) is 42.2 Å². The van der Waals surface area contributed by atoms with Crippen molar-refractivity contribution in [2.45, 2.75) is 63.1 Å².